The van der Waals surface area contributed by atoms with Gasteiger partial charge in [0.15, 0.2) is 5.82 Å². The largest absolute Gasteiger partial charge is 0.366 e. The highest BCUT2D eigenvalue weighted by atomic mass is 35.5. The van der Waals surface area contributed by atoms with Crippen LogP contribution in [0.4, 0.5) is 11.5 Å². The minimum Gasteiger partial charge on any atom is -0.366 e. The van der Waals surface area contributed by atoms with E-state index in [-0.39, 0.29) is 11.9 Å². The average Bonchev–Trinajstić information content (AvgIpc) is 3.14. The van der Waals surface area contributed by atoms with E-state index in [1.807, 2.05) is 42.2 Å². The molecule has 146 valence electrons. The van der Waals surface area contributed by atoms with Crippen molar-refractivity contribution < 1.29 is 4.79 Å². The highest BCUT2D eigenvalue weighted by Crippen LogP contribution is 2.43. The van der Waals surface area contributed by atoms with Crippen molar-refractivity contribution in [3.8, 4) is 11.3 Å². The van der Waals surface area contributed by atoms with Gasteiger partial charge in [0.25, 0.3) is 0 Å². The molecule has 0 radical (unpaired) electrons. The van der Waals surface area contributed by atoms with Gasteiger partial charge in [-0.05, 0) is 43.2 Å². The summed E-state index contributed by atoms with van der Waals surface area (Å²) in [6.07, 6.45) is 6.44. The van der Waals surface area contributed by atoms with Crippen molar-refractivity contribution in [2.75, 3.05) is 22.9 Å². The molecule has 1 fully saturated rings. The fourth-order valence-electron chi connectivity index (χ4n) is 4.20. The highest BCUT2D eigenvalue weighted by molar-refractivity contribution is 6.33. The number of pyridine rings is 3. The minimum absolute atomic E-state index is 0.0393. The Morgan fingerprint density at radius 3 is 2.97 bits per heavy atom. The van der Waals surface area contributed by atoms with Crippen LogP contribution >= 0.6 is 11.6 Å². The summed E-state index contributed by atoms with van der Waals surface area (Å²) < 4.78 is 0. The molecular formula is C22H20ClN5O. The van der Waals surface area contributed by atoms with Crippen LogP contribution in [-0.4, -0.2) is 40.0 Å². The van der Waals surface area contributed by atoms with Gasteiger partial charge in [-0.3, -0.25) is 19.7 Å². The molecule has 3 aromatic rings. The number of amides is 1. The van der Waals surface area contributed by atoms with Crippen LogP contribution in [0.25, 0.3) is 11.3 Å². The van der Waals surface area contributed by atoms with Crippen LogP contribution in [0, 0.1) is 6.92 Å². The number of hydrogen-bond donors (Lipinski definition) is 0. The van der Waals surface area contributed by atoms with Gasteiger partial charge >= 0.3 is 0 Å². The molecule has 0 N–H and O–H groups in total. The van der Waals surface area contributed by atoms with E-state index in [1.165, 1.54) is 0 Å². The molecule has 3 aromatic heterocycles. The van der Waals surface area contributed by atoms with Gasteiger partial charge in [-0.1, -0.05) is 17.7 Å². The Balaban J connectivity index is 1.58. The lowest BCUT2D eigenvalue weighted by Gasteiger charge is -2.36. The van der Waals surface area contributed by atoms with E-state index < -0.39 is 0 Å². The van der Waals surface area contributed by atoms with Crippen LogP contribution < -0.4 is 9.80 Å². The van der Waals surface area contributed by atoms with Crippen LogP contribution in [0.3, 0.4) is 0 Å². The Hall–Kier alpha value is -2.99. The number of aromatic nitrogens is 3. The number of hydrogen-bond acceptors (Lipinski definition) is 5. The molecule has 6 nitrogen and oxygen atoms in total. The van der Waals surface area contributed by atoms with E-state index in [0.717, 1.165) is 42.0 Å². The Kier molecular flexibility index (Phi) is 4.43. The summed E-state index contributed by atoms with van der Waals surface area (Å²) in [5.41, 5.74) is 4.30. The van der Waals surface area contributed by atoms with Crippen molar-refractivity contribution >= 4 is 29.0 Å². The molecule has 5 heterocycles. The number of anilines is 2. The fraction of sp³-hybridized carbons (Fsp3) is 0.273. The number of nitrogens with zero attached hydrogens (tertiary/aromatic N) is 5. The summed E-state index contributed by atoms with van der Waals surface area (Å²) in [5, 5.41) is 0.583. The lowest BCUT2D eigenvalue weighted by molar-refractivity contribution is -0.118. The quantitative estimate of drug-likeness (QED) is 0.665. The summed E-state index contributed by atoms with van der Waals surface area (Å²) in [4.78, 5) is 30.7. The molecule has 1 atom stereocenters. The smallest absolute Gasteiger partial charge is 0.233 e. The molecule has 5 rings (SSSR count). The second-order valence-corrected chi connectivity index (χ2v) is 7.94. The second-order valence-electron chi connectivity index (χ2n) is 7.54. The molecule has 1 saturated heterocycles. The number of aryl methyl sites for hydroxylation is 1. The summed E-state index contributed by atoms with van der Waals surface area (Å²) in [6, 6.07) is 9.71. The number of halogens is 1. The molecule has 0 aliphatic carbocycles. The maximum absolute atomic E-state index is 13.3. The molecule has 1 amide bonds. The number of carbonyl (C=O) groups excluding carboxylic acids is 1. The second kappa shape index (κ2) is 7.12. The SMILES string of the molecule is Cc1cc(-c2nc3c(cc2Cl)N2CC[C@@H](C2)N3C(=O)Cc2cccnc2)ccn1. The van der Waals surface area contributed by atoms with Gasteiger partial charge in [-0.2, -0.15) is 0 Å². The number of fused-ring (bicyclic) bond motifs is 4. The van der Waals surface area contributed by atoms with Crippen LogP contribution in [-0.2, 0) is 11.2 Å². The first-order valence-corrected chi connectivity index (χ1v) is 10.1. The Morgan fingerprint density at radius 2 is 2.17 bits per heavy atom. The molecule has 2 bridgehead atoms. The monoisotopic (exact) mass is 405 g/mol. The van der Waals surface area contributed by atoms with E-state index in [0.29, 0.717) is 23.0 Å². The zero-order chi connectivity index (χ0) is 20.0. The molecule has 0 unspecified atom stereocenters. The van der Waals surface area contributed by atoms with Crippen molar-refractivity contribution in [1.29, 1.82) is 0 Å². The van der Waals surface area contributed by atoms with Crippen molar-refractivity contribution in [2.24, 2.45) is 0 Å². The Bertz CT molecular complexity index is 1090. The first-order chi connectivity index (χ1) is 14.1. The van der Waals surface area contributed by atoms with Gasteiger partial charge in [0, 0.05) is 42.9 Å². The van der Waals surface area contributed by atoms with E-state index in [1.54, 1.807) is 18.6 Å². The van der Waals surface area contributed by atoms with E-state index in [2.05, 4.69) is 14.9 Å². The highest BCUT2D eigenvalue weighted by Gasteiger charge is 2.40. The topological polar surface area (TPSA) is 62.2 Å². The summed E-state index contributed by atoms with van der Waals surface area (Å²) in [7, 11) is 0. The molecule has 0 saturated carbocycles. The predicted octanol–water partition coefficient (Wildman–Crippen LogP) is 3.67. The van der Waals surface area contributed by atoms with Gasteiger partial charge < -0.3 is 4.90 Å². The summed E-state index contributed by atoms with van der Waals surface area (Å²) in [5.74, 6) is 0.735. The van der Waals surface area contributed by atoms with Crippen molar-refractivity contribution in [1.82, 2.24) is 15.0 Å². The minimum atomic E-state index is 0.0393. The van der Waals surface area contributed by atoms with Crippen LogP contribution in [0.1, 0.15) is 17.7 Å². The third kappa shape index (κ3) is 3.23. The van der Waals surface area contributed by atoms with Crippen LogP contribution in [0.5, 0.6) is 0 Å². The van der Waals surface area contributed by atoms with Crippen LogP contribution in [0.15, 0.2) is 48.9 Å². The third-order valence-corrected chi connectivity index (χ3v) is 5.84. The Labute approximate surface area is 174 Å². The van der Waals surface area contributed by atoms with Crippen molar-refractivity contribution in [2.45, 2.75) is 25.8 Å². The van der Waals surface area contributed by atoms with Gasteiger partial charge in [-0.25, -0.2) is 4.98 Å². The number of carbonyl (C=O) groups is 1. The van der Waals surface area contributed by atoms with E-state index >= 15 is 0 Å². The van der Waals surface area contributed by atoms with Crippen molar-refractivity contribution in [3.63, 3.8) is 0 Å². The van der Waals surface area contributed by atoms with Crippen LogP contribution in [0.2, 0.25) is 5.02 Å². The number of rotatable bonds is 3. The first-order valence-electron chi connectivity index (χ1n) is 9.69. The van der Waals surface area contributed by atoms with Crippen molar-refractivity contribution in [3.05, 3.63) is 65.2 Å². The summed E-state index contributed by atoms with van der Waals surface area (Å²) in [6.45, 7) is 3.66. The maximum atomic E-state index is 13.3. The van der Waals surface area contributed by atoms with E-state index in [9.17, 15) is 4.79 Å². The molecule has 2 aliphatic heterocycles. The average molecular weight is 406 g/mol. The molecule has 2 aliphatic rings. The van der Waals surface area contributed by atoms with Gasteiger partial charge in [0.2, 0.25) is 5.91 Å². The zero-order valence-electron chi connectivity index (χ0n) is 16.0. The Morgan fingerprint density at radius 1 is 1.28 bits per heavy atom. The molecule has 0 aromatic carbocycles. The normalized spacial score (nSPS) is 17.4. The van der Waals surface area contributed by atoms with Gasteiger partial charge in [0.1, 0.15) is 0 Å². The fourth-order valence-corrected chi connectivity index (χ4v) is 4.46. The molecule has 0 spiro atoms. The predicted molar refractivity (Wildman–Crippen MR) is 113 cm³/mol. The first kappa shape index (κ1) is 18.1. The lowest BCUT2D eigenvalue weighted by atomic mass is 10.1. The van der Waals surface area contributed by atoms with Gasteiger partial charge in [-0.15, -0.1) is 0 Å². The molecule has 7 heteroatoms. The molecular weight excluding hydrogens is 386 g/mol. The maximum Gasteiger partial charge on any atom is 0.233 e. The molecule has 29 heavy (non-hydrogen) atoms. The third-order valence-electron chi connectivity index (χ3n) is 5.55. The van der Waals surface area contributed by atoms with Gasteiger partial charge in [0.05, 0.1) is 28.9 Å². The van der Waals surface area contributed by atoms with E-state index in [4.69, 9.17) is 16.6 Å². The standard InChI is InChI=1S/C22H20ClN5O/c1-14-9-16(4-7-25-14)21-18(23)11-19-22(26-21)28(17-5-8-27(19)13-17)20(29)10-15-3-2-6-24-12-15/h2-4,6-7,9,11-12,17H,5,8,10,13H2,1H3/t17-/m0/s1. The lowest BCUT2D eigenvalue weighted by Crippen LogP contribution is -2.47. The zero-order valence-corrected chi connectivity index (χ0v) is 16.8. The summed E-state index contributed by atoms with van der Waals surface area (Å²) >= 11 is 6.62.